The van der Waals surface area contributed by atoms with Crippen LogP contribution in [0.3, 0.4) is 0 Å². The summed E-state index contributed by atoms with van der Waals surface area (Å²) in [5, 5.41) is 2.90. The molecule has 1 N–H and O–H groups in total. The Morgan fingerprint density at radius 3 is 2.60 bits per heavy atom. The van der Waals surface area contributed by atoms with E-state index in [2.05, 4.69) is 5.32 Å². The number of amides is 1. The molecule has 1 aliphatic rings. The van der Waals surface area contributed by atoms with E-state index in [1.165, 1.54) is 0 Å². The molecule has 0 saturated heterocycles. The highest BCUT2D eigenvalue weighted by Gasteiger charge is 2.60. The van der Waals surface area contributed by atoms with Crippen molar-refractivity contribution in [2.24, 2.45) is 17.3 Å². The van der Waals surface area contributed by atoms with E-state index in [-0.39, 0.29) is 27.6 Å². The van der Waals surface area contributed by atoms with E-state index in [4.69, 9.17) is 27.9 Å². The number of benzene rings is 1. The third kappa shape index (κ3) is 2.94. The lowest BCUT2D eigenvalue weighted by Crippen LogP contribution is -2.17. The lowest BCUT2D eigenvalue weighted by molar-refractivity contribution is -0.118. The summed E-state index contributed by atoms with van der Waals surface area (Å²) in [6, 6.07) is 7.32. The monoisotopic (exact) mass is 313 g/mol. The summed E-state index contributed by atoms with van der Waals surface area (Å²) in [5.74, 6) is 0.513. The average Bonchev–Trinajstić information content (AvgIpc) is 2.90. The lowest BCUT2D eigenvalue weighted by atomic mass is 10.1. The summed E-state index contributed by atoms with van der Waals surface area (Å²) in [7, 11) is 1.57. The van der Waals surface area contributed by atoms with Gasteiger partial charge in [0.25, 0.3) is 0 Å². The molecule has 1 fully saturated rings. The Bertz CT molecular complexity index is 551. The minimum Gasteiger partial charge on any atom is -0.495 e. The van der Waals surface area contributed by atoms with Crippen molar-refractivity contribution in [3.05, 3.63) is 34.8 Å². The number of ether oxygens (including phenoxy) is 1. The molecule has 1 aromatic rings. The molecule has 0 heterocycles. The van der Waals surface area contributed by atoms with Crippen molar-refractivity contribution < 1.29 is 9.53 Å². The van der Waals surface area contributed by atoms with Gasteiger partial charge in [-0.15, -0.1) is 0 Å². The van der Waals surface area contributed by atoms with Crippen molar-refractivity contribution in [1.29, 1.82) is 0 Å². The van der Waals surface area contributed by atoms with Crippen LogP contribution in [-0.4, -0.2) is 13.0 Å². The third-order valence-corrected chi connectivity index (χ3v) is 4.12. The van der Waals surface area contributed by atoms with Crippen molar-refractivity contribution in [3.8, 4) is 5.75 Å². The van der Waals surface area contributed by atoms with Crippen molar-refractivity contribution in [2.45, 2.75) is 13.8 Å². The molecule has 0 aliphatic heterocycles. The molecule has 5 heteroatoms. The van der Waals surface area contributed by atoms with E-state index in [1.807, 2.05) is 32.0 Å². The zero-order chi connectivity index (χ0) is 14.9. The Kier molecular flexibility index (Phi) is 4.31. The Labute approximate surface area is 128 Å². The minimum atomic E-state index is -0.139. The van der Waals surface area contributed by atoms with E-state index in [9.17, 15) is 4.79 Å². The summed E-state index contributed by atoms with van der Waals surface area (Å²) in [4.78, 5) is 12.4. The molecule has 0 aromatic heterocycles. The number of carbonyl (C=O) groups excluding carboxylic acids is 1. The summed E-state index contributed by atoms with van der Waals surface area (Å²) in [6.07, 6.45) is 1.73. The maximum atomic E-state index is 12.4. The van der Waals surface area contributed by atoms with Gasteiger partial charge in [0.2, 0.25) is 5.91 Å². The Hall–Kier alpha value is -1.19. The maximum Gasteiger partial charge on any atom is 0.228 e. The largest absolute Gasteiger partial charge is 0.495 e. The normalized spacial score (nSPS) is 22.9. The van der Waals surface area contributed by atoms with E-state index >= 15 is 0 Å². The van der Waals surface area contributed by atoms with Crippen molar-refractivity contribution in [2.75, 3.05) is 12.4 Å². The van der Waals surface area contributed by atoms with Crippen LogP contribution in [0.2, 0.25) is 0 Å². The van der Waals surface area contributed by atoms with Crippen LogP contribution in [0.5, 0.6) is 5.75 Å². The second kappa shape index (κ2) is 5.66. The van der Waals surface area contributed by atoms with Gasteiger partial charge >= 0.3 is 0 Å². The number of nitrogens with one attached hydrogen (secondary N) is 1. The van der Waals surface area contributed by atoms with Gasteiger partial charge in [0.1, 0.15) is 10.2 Å². The van der Waals surface area contributed by atoms with E-state index in [0.29, 0.717) is 11.4 Å². The number of allylic oxidation sites excluding steroid dienone is 1. The second-order valence-corrected chi connectivity index (χ2v) is 6.48. The van der Waals surface area contributed by atoms with Crippen LogP contribution >= 0.6 is 23.2 Å². The molecule has 3 nitrogen and oxygen atoms in total. The highest BCUT2D eigenvalue weighted by atomic mass is 35.5. The van der Waals surface area contributed by atoms with Crippen molar-refractivity contribution in [1.82, 2.24) is 0 Å². The number of rotatable bonds is 4. The first kappa shape index (κ1) is 15.2. The van der Waals surface area contributed by atoms with Crippen LogP contribution in [0.4, 0.5) is 5.69 Å². The quantitative estimate of drug-likeness (QED) is 0.903. The maximum absolute atomic E-state index is 12.4. The number of halogens is 2. The van der Waals surface area contributed by atoms with Crippen LogP contribution in [0.1, 0.15) is 13.8 Å². The van der Waals surface area contributed by atoms with Gasteiger partial charge in [-0.2, -0.15) is 0 Å². The molecule has 20 heavy (non-hydrogen) atoms. The summed E-state index contributed by atoms with van der Waals surface area (Å²) >= 11 is 11.4. The van der Waals surface area contributed by atoms with Gasteiger partial charge in [-0.1, -0.05) is 49.2 Å². The van der Waals surface area contributed by atoms with Crippen molar-refractivity contribution >= 4 is 34.8 Å². The first-order chi connectivity index (χ1) is 9.37. The predicted octanol–water partition coefficient (Wildman–Crippen LogP) is 4.22. The van der Waals surface area contributed by atoms with Gasteiger partial charge in [-0.25, -0.2) is 0 Å². The number of hydrogen-bond acceptors (Lipinski definition) is 2. The van der Waals surface area contributed by atoms with Crippen LogP contribution in [0, 0.1) is 17.3 Å². The number of methoxy groups -OCH3 is 1. The van der Waals surface area contributed by atoms with Crippen LogP contribution in [0.15, 0.2) is 34.8 Å². The minimum absolute atomic E-state index is 0.0460. The SMILES string of the molecule is COc1ccccc1NC(=O)[C@H]1[C@@H](C=C(Cl)Cl)C1(C)C. The second-order valence-electron chi connectivity index (χ2n) is 5.47. The standard InChI is InChI=1S/C15H17Cl2NO2/c1-15(2)9(8-12(16)17)13(15)14(19)18-10-6-4-5-7-11(10)20-3/h4-9,13H,1-3H3,(H,18,19)/t9-,13-/m1/s1. The van der Waals surface area contributed by atoms with Crippen LogP contribution in [0.25, 0.3) is 0 Å². The van der Waals surface area contributed by atoms with Gasteiger partial charge < -0.3 is 10.1 Å². The fraction of sp³-hybridized carbons (Fsp3) is 0.400. The number of hydrogen-bond donors (Lipinski definition) is 1. The lowest BCUT2D eigenvalue weighted by Gasteiger charge is -2.10. The van der Waals surface area contributed by atoms with E-state index in [0.717, 1.165) is 0 Å². The molecule has 0 unspecified atom stereocenters. The van der Waals surface area contributed by atoms with Gasteiger partial charge in [0, 0.05) is 0 Å². The molecule has 108 valence electrons. The zero-order valence-corrected chi connectivity index (χ0v) is 13.1. The first-order valence-electron chi connectivity index (χ1n) is 6.34. The van der Waals surface area contributed by atoms with E-state index < -0.39 is 0 Å². The molecular weight excluding hydrogens is 297 g/mol. The van der Waals surface area contributed by atoms with Gasteiger partial charge in [0.05, 0.1) is 18.7 Å². The molecule has 2 rings (SSSR count). The predicted molar refractivity (Wildman–Crippen MR) is 82.2 cm³/mol. The Morgan fingerprint density at radius 1 is 1.35 bits per heavy atom. The molecular formula is C15H17Cl2NO2. The number of para-hydroxylation sites is 2. The van der Waals surface area contributed by atoms with E-state index in [1.54, 1.807) is 19.3 Å². The average molecular weight is 314 g/mol. The fourth-order valence-electron chi connectivity index (χ4n) is 2.58. The molecule has 1 amide bonds. The summed E-state index contributed by atoms with van der Waals surface area (Å²) < 4.78 is 5.43. The molecule has 1 aliphatic carbocycles. The zero-order valence-electron chi connectivity index (χ0n) is 11.6. The van der Waals surface area contributed by atoms with Crippen LogP contribution < -0.4 is 10.1 Å². The van der Waals surface area contributed by atoms with Gasteiger partial charge in [-0.05, 0) is 29.5 Å². The highest BCUT2D eigenvalue weighted by molar-refractivity contribution is 6.55. The Balaban J connectivity index is 2.12. The highest BCUT2D eigenvalue weighted by Crippen LogP contribution is 2.60. The first-order valence-corrected chi connectivity index (χ1v) is 7.10. The molecule has 2 atom stereocenters. The molecule has 0 radical (unpaired) electrons. The fourth-order valence-corrected chi connectivity index (χ4v) is 2.86. The van der Waals surface area contributed by atoms with Crippen LogP contribution in [-0.2, 0) is 4.79 Å². The van der Waals surface area contributed by atoms with Crippen molar-refractivity contribution in [3.63, 3.8) is 0 Å². The smallest absolute Gasteiger partial charge is 0.228 e. The Morgan fingerprint density at radius 2 is 2.00 bits per heavy atom. The molecule has 0 spiro atoms. The summed E-state index contributed by atoms with van der Waals surface area (Å²) in [6.45, 7) is 4.05. The topological polar surface area (TPSA) is 38.3 Å². The number of carbonyl (C=O) groups is 1. The summed E-state index contributed by atoms with van der Waals surface area (Å²) in [5.41, 5.74) is 0.531. The molecule has 1 saturated carbocycles. The number of anilines is 1. The molecule has 1 aromatic carbocycles. The van der Waals surface area contributed by atoms with Gasteiger partial charge in [0.15, 0.2) is 0 Å². The third-order valence-electron chi connectivity index (χ3n) is 3.86. The molecule has 0 bridgehead atoms. The van der Waals surface area contributed by atoms with Gasteiger partial charge in [-0.3, -0.25) is 4.79 Å².